The largest absolute Gasteiger partial charge is 0.310 e. The van der Waals surface area contributed by atoms with Crippen molar-refractivity contribution in [2.75, 3.05) is 32.1 Å². The van der Waals surface area contributed by atoms with Gasteiger partial charge in [-0.3, -0.25) is 4.79 Å². The molecular formula is C20H24N2OS. The Balaban J connectivity index is 1.99. The molecule has 1 amide bonds. The lowest BCUT2D eigenvalue weighted by atomic mass is 9.99. The SMILES string of the molecule is C[C@@H]1C(=O)N(CCN(C)C)c2ccccc2S[C@@H]1c1ccccc1. The predicted molar refractivity (Wildman–Crippen MR) is 102 cm³/mol. The maximum Gasteiger partial charge on any atom is 0.231 e. The number of likely N-dealkylation sites (N-methyl/N-ethyl adjacent to an activating group) is 1. The number of hydrogen-bond acceptors (Lipinski definition) is 3. The van der Waals surface area contributed by atoms with Gasteiger partial charge in [-0.15, -0.1) is 11.8 Å². The third-order valence-corrected chi connectivity index (χ3v) is 5.95. The average Bonchev–Trinajstić information content (AvgIpc) is 2.70. The van der Waals surface area contributed by atoms with E-state index in [1.165, 1.54) is 10.5 Å². The second-order valence-electron chi connectivity index (χ2n) is 6.50. The first-order valence-electron chi connectivity index (χ1n) is 8.34. The zero-order valence-electron chi connectivity index (χ0n) is 14.5. The molecule has 126 valence electrons. The average molecular weight is 340 g/mol. The summed E-state index contributed by atoms with van der Waals surface area (Å²) in [5.74, 6) is 0.148. The van der Waals surface area contributed by atoms with E-state index in [1.807, 2.05) is 43.3 Å². The van der Waals surface area contributed by atoms with Gasteiger partial charge in [-0.25, -0.2) is 0 Å². The van der Waals surface area contributed by atoms with Gasteiger partial charge in [0.1, 0.15) is 0 Å². The van der Waals surface area contributed by atoms with Crippen molar-refractivity contribution in [2.24, 2.45) is 5.92 Å². The molecule has 0 aromatic heterocycles. The fourth-order valence-electron chi connectivity index (χ4n) is 3.04. The zero-order chi connectivity index (χ0) is 17.1. The molecule has 0 radical (unpaired) electrons. The first-order valence-corrected chi connectivity index (χ1v) is 9.22. The minimum Gasteiger partial charge on any atom is -0.310 e. The molecule has 0 aliphatic carbocycles. The van der Waals surface area contributed by atoms with Crippen molar-refractivity contribution in [1.82, 2.24) is 4.90 Å². The maximum absolute atomic E-state index is 13.2. The molecule has 4 heteroatoms. The van der Waals surface area contributed by atoms with Gasteiger partial charge >= 0.3 is 0 Å². The van der Waals surface area contributed by atoms with Gasteiger partial charge in [0.2, 0.25) is 5.91 Å². The summed E-state index contributed by atoms with van der Waals surface area (Å²) >= 11 is 1.80. The molecule has 2 aromatic rings. The molecule has 0 spiro atoms. The van der Waals surface area contributed by atoms with Gasteiger partial charge in [0.15, 0.2) is 0 Å². The van der Waals surface area contributed by atoms with Crippen molar-refractivity contribution in [2.45, 2.75) is 17.1 Å². The number of nitrogens with zero attached hydrogens (tertiary/aromatic N) is 2. The van der Waals surface area contributed by atoms with Gasteiger partial charge in [-0.1, -0.05) is 49.4 Å². The molecule has 0 bridgehead atoms. The summed E-state index contributed by atoms with van der Waals surface area (Å²) < 4.78 is 0. The van der Waals surface area contributed by atoms with Gasteiger partial charge in [0.05, 0.1) is 11.6 Å². The first kappa shape index (κ1) is 17.1. The van der Waals surface area contributed by atoms with Crippen LogP contribution in [0.4, 0.5) is 5.69 Å². The van der Waals surface area contributed by atoms with Crippen LogP contribution in [-0.4, -0.2) is 38.0 Å². The number of carbonyl (C=O) groups is 1. The minimum absolute atomic E-state index is 0.0630. The van der Waals surface area contributed by atoms with Crippen LogP contribution < -0.4 is 4.90 Å². The molecule has 3 rings (SSSR count). The van der Waals surface area contributed by atoms with E-state index in [2.05, 4.69) is 42.2 Å². The van der Waals surface area contributed by atoms with Crippen LogP contribution in [0, 0.1) is 5.92 Å². The standard InChI is InChI=1S/C20H24N2OS/c1-15-19(16-9-5-4-6-10-16)24-18-12-8-7-11-17(18)22(20(15)23)14-13-21(2)3/h4-12,15,19H,13-14H2,1-3H3/t15-,19-/m0/s1. The molecule has 3 nitrogen and oxygen atoms in total. The first-order chi connectivity index (χ1) is 11.6. The fourth-order valence-corrected chi connectivity index (χ4v) is 4.39. The van der Waals surface area contributed by atoms with E-state index in [0.717, 1.165) is 18.8 Å². The number of hydrogen-bond donors (Lipinski definition) is 0. The van der Waals surface area contributed by atoms with Crippen LogP contribution in [0.3, 0.4) is 0 Å². The van der Waals surface area contributed by atoms with Crippen molar-refractivity contribution in [3.63, 3.8) is 0 Å². The summed E-state index contributed by atoms with van der Waals surface area (Å²) in [6, 6.07) is 18.6. The number of anilines is 1. The number of fused-ring (bicyclic) bond motifs is 1. The molecule has 24 heavy (non-hydrogen) atoms. The Labute approximate surface area is 148 Å². The smallest absolute Gasteiger partial charge is 0.231 e. The van der Waals surface area contributed by atoms with Crippen LogP contribution in [0.25, 0.3) is 0 Å². The summed E-state index contributed by atoms with van der Waals surface area (Å²) in [6.45, 7) is 3.63. The van der Waals surface area contributed by atoms with Crippen molar-refractivity contribution in [3.05, 3.63) is 60.2 Å². The van der Waals surface area contributed by atoms with Crippen molar-refractivity contribution in [3.8, 4) is 0 Å². The van der Waals surface area contributed by atoms with Crippen LogP contribution in [0.2, 0.25) is 0 Å². The molecule has 1 aliphatic heterocycles. The Hall–Kier alpha value is -1.78. The van der Waals surface area contributed by atoms with Crippen molar-refractivity contribution in [1.29, 1.82) is 0 Å². The van der Waals surface area contributed by atoms with E-state index < -0.39 is 0 Å². The molecule has 0 N–H and O–H groups in total. The summed E-state index contributed by atoms with van der Waals surface area (Å²) in [7, 11) is 4.08. The third-order valence-electron chi connectivity index (χ3n) is 4.42. The molecule has 1 heterocycles. The number of rotatable bonds is 4. The third kappa shape index (κ3) is 3.50. The van der Waals surface area contributed by atoms with Crippen LogP contribution in [0.15, 0.2) is 59.5 Å². The number of thioether (sulfide) groups is 1. The molecule has 0 unspecified atom stereocenters. The fraction of sp³-hybridized carbons (Fsp3) is 0.350. The summed E-state index contributed by atoms with van der Waals surface area (Å²) in [6.07, 6.45) is 0. The van der Waals surface area contributed by atoms with Crippen molar-refractivity contribution < 1.29 is 4.79 Å². The molecule has 2 atom stereocenters. The van der Waals surface area contributed by atoms with Gasteiger partial charge in [-0.2, -0.15) is 0 Å². The van der Waals surface area contributed by atoms with Crippen LogP contribution in [0.1, 0.15) is 17.7 Å². The van der Waals surface area contributed by atoms with Gasteiger partial charge in [0, 0.05) is 23.2 Å². The van der Waals surface area contributed by atoms with E-state index in [-0.39, 0.29) is 17.1 Å². The maximum atomic E-state index is 13.2. The van der Waals surface area contributed by atoms with Crippen LogP contribution in [0.5, 0.6) is 0 Å². The topological polar surface area (TPSA) is 23.6 Å². The van der Waals surface area contributed by atoms with E-state index in [0.29, 0.717) is 0 Å². The van der Waals surface area contributed by atoms with E-state index in [4.69, 9.17) is 0 Å². The Kier molecular flexibility index (Phi) is 5.27. The predicted octanol–water partition coefficient (Wildman–Crippen LogP) is 4.06. The van der Waals surface area contributed by atoms with Crippen LogP contribution in [-0.2, 0) is 4.79 Å². The quantitative estimate of drug-likeness (QED) is 0.838. The minimum atomic E-state index is -0.0630. The Morgan fingerprint density at radius 1 is 1.04 bits per heavy atom. The summed E-state index contributed by atoms with van der Waals surface area (Å²) in [4.78, 5) is 18.5. The van der Waals surface area contributed by atoms with E-state index in [9.17, 15) is 4.79 Å². The molecule has 1 aliphatic rings. The zero-order valence-corrected chi connectivity index (χ0v) is 15.3. The van der Waals surface area contributed by atoms with Gasteiger partial charge < -0.3 is 9.80 Å². The molecule has 0 saturated heterocycles. The van der Waals surface area contributed by atoms with Crippen molar-refractivity contribution >= 4 is 23.4 Å². The normalized spacial score (nSPS) is 20.8. The summed E-state index contributed by atoms with van der Waals surface area (Å²) in [5.41, 5.74) is 2.26. The second-order valence-corrected chi connectivity index (χ2v) is 7.68. The van der Waals surface area contributed by atoms with E-state index >= 15 is 0 Å². The molecule has 0 fully saturated rings. The second kappa shape index (κ2) is 7.41. The van der Waals surface area contributed by atoms with Crippen LogP contribution >= 0.6 is 11.8 Å². The summed E-state index contributed by atoms with van der Waals surface area (Å²) in [5, 5.41) is 0.143. The van der Waals surface area contributed by atoms with E-state index in [1.54, 1.807) is 11.8 Å². The Morgan fingerprint density at radius 3 is 2.42 bits per heavy atom. The molecule has 2 aromatic carbocycles. The highest BCUT2D eigenvalue weighted by atomic mass is 32.2. The number of amides is 1. The van der Waals surface area contributed by atoms with Gasteiger partial charge in [0.25, 0.3) is 0 Å². The number of carbonyl (C=O) groups excluding carboxylic acids is 1. The number of para-hydroxylation sites is 1. The highest BCUT2D eigenvalue weighted by Gasteiger charge is 2.35. The lowest BCUT2D eigenvalue weighted by Gasteiger charge is -2.27. The lowest BCUT2D eigenvalue weighted by Crippen LogP contribution is -2.40. The Morgan fingerprint density at radius 2 is 1.71 bits per heavy atom. The number of benzene rings is 2. The highest BCUT2D eigenvalue weighted by molar-refractivity contribution is 7.99. The lowest BCUT2D eigenvalue weighted by molar-refractivity contribution is -0.121. The van der Waals surface area contributed by atoms with Gasteiger partial charge in [-0.05, 0) is 31.8 Å². The monoisotopic (exact) mass is 340 g/mol. The molecule has 0 saturated carbocycles. The Bertz CT molecular complexity index is 702. The highest BCUT2D eigenvalue weighted by Crippen LogP contribution is 2.47. The molecular weight excluding hydrogens is 316 g/mol.